The van der Waals surface area contributed by atoms with Gasteiger partial charge in [0.25, 0.3) is 0 Å². The van der Waals surface area contributed by atoms with E-state index in [2.05, 4.69) is 245 Å². The van der Waals surface area contributed by atoms with Crippen LogP contribution in [0.2, 0.25) is 0 Å². The standard InChI is InChI=1S/C66H60N4/c1-63(2)53-21-13-9-17-45(53)49-29-25-41(37-57(49)63)67-33-34-68(42-26-30-50-46-18-10-14-22-54(46)64(3,4)58(50)38-42)61(67)62-69(43-27-31-51-47-19-11-15-23-55(47)65(5,6)59(51)39-43)35-36-70(62)44-28-32-52-48-20-12-16-24-56(48)66(7,8)60(52)40-44/h9-32,37-40H,33-36H2,1-8H3. The van der Waals surface area contributed by atoms with E-state index in [0.29, 0.717) is 0 Å². The number of rotatable bonds is 4. The average Bonchev–Trinajstić information content (AvgIpc) is 4.19. The maximum Gasteiger partial charge on any atom is 0.156 e. The smallest absolute Gasteiger partial charge is 0.156 e. The number of hydrogen-bond donors (Lipinski definition) is 0. The molecule has 0 unspecified atom stereocenters. The van der Waals surface area contributed by atoms with Crippen LogP contribution in [0.4, 0.5) is 22.7 Å². The minimum Gasteiger partial charge on any atom is -0.323 e. The summed E-state index contributed by atoms with van der Waals surface area (Å²) in [6.07, 6.45) is 0. The summed E-state index contributed by atoms with van der Waals surface area (Å²) in [5.41, 5.74) is 26.5. The molecule has 0 atom stereocenters. The number of anilines is 4. The molecule has 0 bridgehead atoms. The molecule has 0 amide bonds. The Hall–Kier alpha value is -7.30. The molecule has 0 N–H and O–H groups in total. The van der Waals surface area contributed by atoms with Crippen molar-refractivity contribution in [1.29, 1.82) is 0 Å². The van der Waals surface area contributed by atoms with Gasteiger partial charge in [0.15, 0.2) is 11.6 Å². The molecule has 8 aromatic rings. The molecule has 2 heterocycles. The first kappa shape index (κ1) is 41.7. The Morgan fingerprint density at radius 3 is 0.671 bits per heavy atom. The molecule has 6 aliphatic rings. The maximum absolute atomic E-state index is 2.66. The van der Waals surface area contributed by atoms with E-state index in [-0.39, 0.29) is 21.7 Å². The molecule has 2 aliphatic heterocycles. The molecule has 4 heteroatoms. The zero-order chi connectivity index (χ0) is 47.6. The van der Waals surface area contributed by atoms with Crippen LogP contribution in [0.3, 0.4) is 0 Å². The van der Waals surface area contributed by atoms with Gasteiger partial charge in [0.2, 0.25) is 0 Å². The molecular formula is C66H60N4. The highest BCUT2D eigenvalue weighted by atomic mass is 15.5. The molecule has 344 valence electrons. The Morgan fingerprint density at radius 2 is 0.443 bits per heavy atom. The van der Waals surface area contributed by atoms with Gasteiger partial charge >= 0.3 is 0 Å². The molecule has 2 fully saturated rings. The quantitative estimate of drug-likeness (QED) is 0.174. The Kier molecular flexibility index (Phi) is 8.43. The van der Waals surface area contributed by atoms with E-state index in [9.17, 15) is 0 Å². The Morgan fingerprint density at radius 1 is 0.243 bits per heavy atom. The van der Waals surface area contributed by atoms with Crippen LogP contribution >= 0.6 is 0 Å². The molecule has 4 nitrogen and oxygen atoms in total. The molecule has 2 saturated heterocycles. The fourth-order valence-electron chi connectivity index (χ4n) is 14.0. The second kappa shape index (κ2) is 14.2. The van der Waals surface area contributed by atoms with Crippen LogP contribution in [0.25, 0.3) is 44.5 Å². The topological polar surface area (TPSA) is 13.0 Å². The predicted molar refractivity (Wildman–Crippen MR) is 292 cm³/mol. The van der Waals surface area contributed by atoms with Gasteiger partial charge in [0.1, 0.15) is 0 Å². The van der Waals surface area contributed by atoms with Crippen molar-refractivity contribution in [1.82, 2.24) is 0 Å². The minimum atomic E-state index is -0.121. The second-order valence-corrected chi connectivity index (χ2v) is 22.9. The summed E-state index contributed by atoms with van der Waals surface area (Å²) >= 11 is 0. The third-order valence-corrected chi connectivity index (χ3v) is 17.8. The molecule has 70 heavy (non-hydrogen) atoms. The van der Waals surface area contributed by atoms with Gasteiger partial charge in [-0.05, 0) is 138 Å². The number of benzene rings is 8. The zero-order valence-electron chi connectivity index (χ0n) is 41.8. The SMILES string of the molecule is CC1(C)c2ccccc2-c2ccc(N3CCN(c4ccc5c(c4)C(C)(C)c4ccccc4-5)C3=C3N(c4ccc5c(c4)C(C)(C)c4ccccc4-5)CCN3c3ccc4c(c3)C(C)(C)c3ccccc3-4)cc21. The third kappa shape index (κ3) is 5.48. The van der Waals surface area contributed by atoms with Crippen LogP contribution in [0.5, 0.6) is 0 Å². The van der Waals surface area contributed by atoms with E-state index in [1.54, 1.807) is 0 Å². The highest BCUT2D eigenvalue weighted by Gasteiger charge is 2.44. The van der Waals surface area contributed by atoms with Crippen LogP contribution in [0.1, 0.15) is 99.9 Å². The van der Waals surface area contributed by atoms with Crippen LogP contribution in [-0.2, 0) is 21.7 Å². The van der Waals surface area contributed by atoms with Gasteiger partial charge in [-0.3, -0.25) is 0 Å². The van der Waals surface area contributed by atoms with Crippen molar-refractivity contribution >= 4 is 22.7 Å². The van der Waals surface area contributed by atoms with Crippen molar-refractivity contribution < 1.29 is 0 Å². The molecule has 0 aromatic heterocycles. The molecule has 0 radical (unpaired) electrons. The van der Waals surface area contributed by atoms with Gasteiger partial charge in [-0.15, -0.1) is 0 Å². The first-order chi connectivity index (χ1) is 33.7. The van der Waals surface area contributed by atoms with Crippen LogP contribution in [0.15, 0.2) is 182 Å². The summed E-state index contributed by atoms with van der Waals surface area (Å²) in [5.74, 6) is 2.45. The van der Waals surface area contributed by atoms with E-state index >= 15 is 0 Å². The van der Waals surface area contributed by atoms with Crippen molar-refractivity contribution in [3.63, 3.8) is 0 Å². The summed E-state index contributed by atoms with van der Waals surface area (Å²) in [4.78, 5) is 10.6. The van der Waals surface area contributed by atoms with E-state index in [1.165, 1.54) is 123 Å². The normalized spacial score (nSPS) is 18.6. The molecule has 14 rings (SSSR count). The van der Waals surface area contributed by atoms with Crippen molar-refractivity contribution in [2.45, 2.75) is 77.0 Å². The van der Waals surface area contributed by atoms with Crippen LogP contribution < -0.4 is 19.6 Å². The number of nitrogens with zero attached hydrogens (tertiary/aromatic N) is 4. The predicted octanol–water partition coefficient (Wildman–Crippen LogP) is 15.4. The van der Waals surface area contributed by atoms with E-state index < -0.39 is 0 Å². The van der Waals surface area contributed by atoms with E-state index in [1.807, 2.05) is 0 Å². The molecule has 8 aromatic carbocycles. The Balaban J connectivity index is 1.00. The number of fused-ring (bicyclic) bond motifs is 12. The van der Waals surface area contributed by atoms with Crippen LogP contribution in [0, 0.1) is 0 Å². The number of hydrogen-bond acceptors (Lipinski definition) is 4. The van der Waals surface area contributed by atoms with Gasteiger partial charge in [0.05, 0.1) is 0 Å². The van der Waals surface area contributed by atoms with Crippen molar-refractivity contribution in [3.05, 3.63) is 226 Å². The van der Waals surface area contributed by atoms with E-state index in [0.717, 1.165) is 26.2 Å². The largest absolute Gasteiger partial charge is 0.323 e. The average molecular weight is 909 g/mol. The van der Waals surface area contributed by atoms with Gasteiger partial charge in [0, 0.05) is 70.6 Å². The fraction of sp³-hybridized carbons (Fsp3) is 0.242. The van der Waals surface area contributed by atoms with Gasteiger partial charge in [-0.1, -0.05) is 177 Å². The van der Waals surface area contributed by atoms with E-state index in [4.69, 9.17) is 0 Å². The highest BCUT2D eigenvalue weighted by molar-refractivity contribution is 5.88. The van der Waals surface area contributed by atoms with Gasteiger partial charge in [-0.25, -0.2) is 0 Å². The van der Waals surface area contributed by atoms with Crippen molar-refractivity contribution in [2.24, 2.45) is 0 Å². The highest BCUT2D eigenvalue weighted by Crippen LogP contribution is 2.55. The Labute approximate surface area is 414 Å². The first-order valence-electron chi connectivity index (χ1n) is 25.6. The summed E-state index contributed by atoms with van der Waals surface area (Å²) < 4.78 is 0. The summed E-state index contributed by atoms with van der Waals surface area (Å²) in [6, 6.07) is 65.4. The first-order valence-corrected chi connectivity index (χ1v) is 25.6. The zero-order valence-corrected chi connectivity index (χ0v) is 41.8. The summed E-state index contributed by atoms with van der Waals surface area (Å²) in [7, 11) is 0. The fourth-order valence-corrected chi connectivity index (χ4v) is 14.0. The molecule has 0 spiro atoms. The minimum absolute atomic E-state index is 0.121. The molecule has 0 saturated carbocycles. The van der Waals surface area contributed by atoms with Crippen molar-refractivity contribution in [2.75, 3.05) is 45.8 Å². The second-order valence-electron chi connectivity index (χ2n) is 22.9. The van der Waals surface area contributed by atoms with Crippen LogP contribution in [-0.4, -0.2) is 26.2 Å². The van der Waals surface area contributed by atoms with Gasteiger partial charge < -0.3 is 19.6 Å². The molecule has 4 aliphatic carbocycles. The molecular weight excluding hydrogens is 849 g/mol. The van der Waals surface area contributed by atoms with Gasteiger partial charge in [-0.2, -0.15) is 0 Å². The third-order valence-electron chi connectivity index (χ3n) is 17.8. The summed E-state index contributed by atoms with van der Waals surface area (Å²) in [5, 5.41) is 0. The lowest BCUT2D eigenvalue weighted by Gasteiger charge is -2.35. The Bertz CT molecular complexity index is 3130. The summed E-state index contributed by atoms with van der Waals surface area (Å²) in [6.45, 7) is 22.7. The van der Waals surface area contributed by atoms with Crippen molar-refractivity contribution in [3.8, 4) is 44.5 Å². The lowest BCUT2D eigenvalue weighted by atomic mass is 9.82. The maximum atomic E-state index is 2.66. The lowest BCUT2D eigenvalue weighted by molar-refractivity contribution is 0.659. The lowest BCUT2D eigenvalue weighted by Crippen LogP contribution is -2.34. The monoisotopic (exact) mass is 908 g/mol.